The fourth-order valence-corrected chi connectivity index (χ4v) is 3.82. The van der Waals surface area contributed by atoms with Crippen LogP contribution in [0.15, 0.2) is 35.4 Å². The van der Waals surface area contributed by atoms with Gasteiger partial charge in [0.05, 0.1) is 23.5 Å². The molecule has 0 radical (unpaired) electrons. The van der Waals surface area contributed by atoms with E-state index in [2.05, 4.69) is 20.2 Å². The maximum Gasteiger partial charge on any atom is 0.241 e. The number of primary sulfonamides is 1. The summed E-state index contributed by atoms with van der Waals surface area (Å²) >= 11 is 6.27. The monoisotopic (exact) mass is 425 g/mol. The number of sulfonamides is 1. The van der Waals surface area contributed by atoms with Crippen LogP contribution < -0.4 is 9.88 Å². The molecule has 4 rings (SSSR count). The second kappa shape index (κ2) is 7.16. The Bertz CT molecular complexity index is 1160. The summed E-state index contributed by atoms with van der Waals surface area (Å²) in [5.41, 5.74) is 3.08. The number of nitrogens with two attached hydrogens (primary N) is 1. The van der Waals surface area contributed by atoms with Crippen molar-refractivity contribution in [2.45, 2.75) is 30.1 Å². The van der Waals surface area contributed by atoms with E-state index < -0.39 is 10.0 Å². The highest BCUT2D eigenvalue weighted by molar-refractivity contribution is 7.89. The Balaban J connectivity index is 0.00000160. The smallest absolute Gasteiger partial charge is 0.241 e. The molecule has 152 valence electrons. The zero-order valence-electron chi connectivity index (χ0n) is 15.0. The quantitative estimate of drug-likeness (QED) is 0.623. The molecule has 0 unspecified atom stereocenters. The van der Waals surface area contributed by atoms with E-state index in [1.165, 1.54) is 38.3 Å². The largest absolute Gasteiger partial charge is 0.495 e. The maximum atomic E-state index is 11.8. The van der Waals surface area contributed by atoms with E-state index in [1.807, 2.05) is 6.07 Å². The van der Waals surface area contributed by atoms with E-state index >= 15 is 0 Å². The average Bonchev–Trinajstić information content (AvgIpc) is 3.41. The van der Waals surface area contributed by atoms with E-state index in [0.29, 0.717) is 34.4 Å². The summed E-state index contributed by atoms with van der Waals surface area (Å²) < 4.78 is 28.8. The third kappa shape index (κ3) is 3.87. The van der Waals surface area contributed by atoms with Gasteiger partial charge in [-0.1, -0.05) is 11.6 Å². The van der Waals surface area contributed by atoms with E-state index in [0.717, 1.165) is 11.4 Å². The standard InChI is InChI=1S/C18H18ClN5O3S.3H2/c1-27-16-5-4-11(6-17(16)28(20,25)26)18-21-9-13(19)15(22-18)8-12-7-14(24-23-12)10-2-3-10;;;/h4-7,9-10H,2-3,8H2,1H3,(H,23,24)(H2,20,25,26);3*1H. The van der Waals surface area contributed by atoms with E-state index in [9.17, 15) is 8.42 Å². The second-order valence-corrected chi connectivity index (χ2v) is 8.61. The van der Waals surface area contributed by atoms with Crippen molar-refractivity contribution in [2.75, 3.05) is 7.11 Å². The van der Waals surface area contributed by atoms with Crippen molar-refractivity contribution in [2.24, 2.45) is 5.14 Å². The molecule has 0 aliphatic heterocycles. The number of rotatable bonds is 6. The van der Waals surface area contributed by atoms with Gasteiger partial charge in [0.15, 0.2) is 5.82 Å². The van der Waals surface area contributed by atoms with Crippen molar-refractivity contribution in [3.05, 3.63) is 52.6 Å². The van der Waals surface area contributed by atoms with Crippen LogP contribution >= 0.6 is 11.6 Å². The molecule has 1 aliphatic carbocycles. The number of hydrogen-bond donors (Lipinski definition) is 2. The van der Waals surface area contributed by atoms with Crippen molar-refractivity contribution in [3.8, 4) is 17.1 Å². The second-order valence-electron chi connectivity index (χ2n) is 6.67. The van der Waals surface area contributed by atoms with Crippen molar-refractivity contribution >= 4 is 21.6 Å². The zero-order valence-corrected chi connectivity index (χ0v) is 16.6. The number of benzene rings is 1. The van der Waals surface area contributed by atoms with Gasteiger partial charge in [-0.3, -0.25) is 5.10 Å². The lowest BCUT2D eigenvalue weighted by Gasteiger charge is -2.10. The average molecular weight is 426 g/mol. The minimum Gasteiger partial charge on any atom is -0.495 e. The Morgan fingerprint density at radius 2 is 2.14 bits per heavy atom. The topological polar surface area (TPSA) is 124 Å². The number of aromatic nitrogens is 4. The van der Waals surface area contributed by atoms with Crippen LogP contribution in [0.3, 0.4) is 0 Å². The normalized spacial score (nSPS) is 14.2. The summed E-state index contributed by atoms with van der Waals surface area (Å²) in [7, 11) is -2.59. The molecular weight excluding hydrogens is 402 g/mol. The van der Waals surface area contributed by atoms with Crippen LogP contribution in [0.5, 0.6) is 5.75 Å². The van der Waals surface area contributed by atoms with Gasteiger partial charge in [-0.15, -0.1) is 0 Å². The van der Waals surface area contributed by atoms with Gasteiger partial charge in [0.1, 0.15) is 10.6 Å². The number of nitrogens with zero attached hydrogens (tertiary/aromatic N) is 3. The maximum absolute atomic E-state index is 11.8. The molecule has 0 amide bonds. The highest BCUT2D eigenvalue weighted by atomic mass is 35.5. The Kier molecular flexibility index (Phi) is 4.82. The SMILES string of the molecule is COc1ccc(-c2ncc(Cl)c(Cc3cc(C4CC4)n[nH]3)n2)cc1S(N)(=O)=O.[HH].[HH].[HH]. The van der Waals surface area contributed by atoms with Gasteiger partial charge in [0, 0.05) is 34.1 Å². The first-order chi connectivity index (χ1) is 13.3. The van der Waals surface area contributed by atoms with Crippen LogP contribution in [0.1, 0.15) is 40.1 Å². The number of nitrogens with one attached hydrogen (secondary N) is 1. The van der Waals surface area contributed by atoms with Crippen LogP contribution in [0.25, 0.3) is 11.4 Å². The molecule has 0 spiro atoms. The van der Waals surface area contributed by atoms with Gasteiger partial charge in [0.25, 0.3) is 0 Å². The molecule has 0 atom stereocenters. The lowest BCUT2D eigenvalue weighted by molar-refractivity contribution is 0.403. The predicted octanol–water partition coefficient (Wildman–Crippen LogP) is 3.38. The number of ether oxygens (including phenoxy) is 1. The molecule has 2 heterocycles. The number of H-pyrrole nitrogens is 1. The van der Waals surface area contributed by atoms with E-state index in [4.69, 9.17) is 21.5 Å². The number of hydrogen-bond acceptors (Lipinski definition) is 6. The van der Waals surface area contributed by atoms with Crippen LogP contribution in [0.4, 0.5) is 0 Å². The van der Waals surface area contributed by atoms with Gasteiger partial charge in [-0.25, -0.2) is 23.5 Å². The molecule has 1 aliphatic rings. The van der Waals surface area contributed by atoms with Crippen molar-refractivity contribution in [1.29, 1.82) is 0 Å². The molecule has 0 bridgehead atoms. The van der Waals surface area contributed by atoms with Crippen LogP contribution in [-0.4, -0.2) is 35.7 Å². The van der Waals surface area contributed by atoms with E-state index in [-0.39, 0.29) is 14.9 Å². The first-order valence-electron chi connectivity index (χ1n) is 8.62. The molecule has 3 N–H and O–H groups in total. The van der Waals surface area contributed by atoms with Crippen molar-refractivity contribution in [1.82, 2.24) is 20.2 Å². The third-order valence-corrected chi connectivity index (χ3v) is 5.80. The minimum atomic E-state index is -3.96. The summed E-state index contributed by atoms with van der Waals surface area (Å²) in [6, 6.07) is 6.61. The van der Waals surface area contributed by atoms with Gasteiger partial charge in [-0.2, -0.15) is 5.10 Å². The lowest BCUT2D eigenvalue weighted by atomic mass is 10.1. The molecule has 0 saturated heterocycles. The summed E-state index contributed by atoms with van der Waals surface area (Å²) in [5, 5.41) is 13.1. The Morgan fingerprint density at radius 1 is 1.36 bits per heavy atom. The molecule has 28 heavy (non-hydrogen) atoms. The first kappa shape index (κ1) is 18.9. The van der Waals surface area contributed by atoms with Gasteiger partial charge in [-0.05, 0) is 37.1 Å². The van der Waals surface area contributed by atoms with Gasteiger partial charge >= 0.3 is 0 Å². The summed E-state index contributed by atoms with van der Waals surface area (Å²) in [6.07, 6.45) is 4.31. The highest BCUT2D eigenvalue weighted by Crippen LogP contribution is 2.39. The number of halogens is 1. The molecule has 2 aromatic heterocycles. The minimum absolute atomic E-state index is 0. The zero-order chi connectivity index (χ0) is 19.9. The molecule has 1 saturated carbocycles. The molecule has 3 aromatic rings. The van der Waals surface area contributed by atoms with Gasteiger partial charge in [0.2, 0.25) is 10.0 Å². The molecule has 8 nitrogen and oxygen atoms in total. The number of methoxy groups -OCH3 is 1. The Labute approximate surface area is 171 Å². The van der Waals surface area contributed by atoms with Crippen molar-refractivity contribution in [3.63, 3.8) is 0 Å². The van der Waals surface area contributed by atoms with Crippen LogP contribution in [0.2, 0.25) is 5.02 Å². The molecule has 1 fully saturated rings. The Morgan fingerprint density at radius 3 is 2.82 bits per heavy atom. The predicted molar refractivity (Wildman–Crippen MR) is 110 cm³/mol. The summed E-state index contributed by atoms with van der Waals surface area (Å²) in [6.45, 7) is 0. The third-order valence-electron chi connectivity index (χ3n) is 4.55. The fourth-order valence-electron chi connectivity index (χ4n) is 2.94. The van der Waals surface area contributed by atoms with Crippen LogP contribution in [-0.2, 0) is 16.4 Å². The molecular formula is C18H24ClN5O3S. The fraction of sp³-hybridized carbons (Fsp3) is 0.278. The van der Waals surface area contributed by atoms with Crippen molar-refractivity contribution < 1.29 is 17.4 Å². The Hall–Kier alpha value is -2.49. The summed E-state index contributed by atoms with van der Waals surface area (Å²) in [5.74, 6) is 1.05. The number of aromatic amines is 1. The van der Waals surface area contributed by atoms with Crippen LogP contribution in [0, 0.1) is 0 Å². The highest BCUT2D eigenvalue weighted by Gasteiger charge is 2.26. The van der Waals surface area contributed by atoms with E-state index in [1.54, 1.807) is 6.07 Å². The van der Waals surface area contributed by atoms with Gasteiger partial charge < -0.3 is 4.74 Å². The molecule has 10 heteroatoms. The summed E-state index contributed by atoms with van der Waals surface area (Å²) in [4.78, 5) is 8.62. The molecule has 1 aromatic carbocycles. The lowest BCUT2D eigenvalue weighted by Crippen LogP contribution is -2.13. The first-order valence-corrected chi connectivity index (χ1v) is 10.5.